The van der Waals surface area contributed by atoms with Crippen LogP contribution in [0.1, 0.15) is 86.0 Å². The van der Waals surface area contributed by atoms with Crippen molar-refractivity contribution >= 4 is 26.2 Å². The molecule has 0 aromatic rings. The van der Waals surface area contributed by atoms with Gasteiger partial charge in [-0.25, -0.2) is 9.59 Å². The highest BCUT2D eigenvalue weighted by Crippen LogP contribution is 2.40. The van der Waals surface area contributed by atoms with Crippen LogP contribution in [0.15, 0.2) is 85.6 Å². The van der Waals surface area contributed by atoms with Crippen molar-refractivity contribution in [2.75, 3.05) is 13.7 Å². The molecule has 0 aromatic heterocycles. The predicted octanol–water partition coefficient (Wildman–Crippen LogP) is 4.52. The number of hydrogen-bond donors (Lipinski definition) is 10. The Bertz CT molecular complexity index is 1960. The number of hydrogen-bond acceptors (Lipinski definition) is 18. The van der Waals surface area contributed by atoms with Crippen molar-refractivity contribution in [1.82, 2.24) is 10.6 Å². The summed E-state index contributed by atoms with van der Waals surface area (Å²) in [6.45, 7) is 18.9. The summed E-state index contributed by atoms with van der Waals surface area (Å²) in [5, 5.41) is 93.1. The summed E-state index contributed by atoms with van der Waals surface area (Å²) < 4.78 is 41.4. The molecule has 0 saturated carbocycles. The molecule has 0 radical (unpaired) electrons. The quantitative estimate of drug-likeness (QED) is 0.0146. The van der Waals surface area contributed by atoms with Crippen molar-refractivity contribution in [2.24, 2.45) is 11.8 Å². The molecule has 0 spiro atoms. The van der Waals surface area contributed by atoms with Gasteiger partial charge in [0.15, 0.2) is 12.1 Å². The second kappa shape index (κ2) is 32.7. The molecular formula is C55H90N2O18Si. The van der Waals surface area contributed by atoms with Gasteiger partial charge in [-0.05, 0) is 46.1 Å². The van der Waals surface area contributed by atoms with Crippen molar-refractivity contribution < 1.29 is 88.4 Å². The van der Waals surface area contributed by atoms with Crippen LogP contribution in [0.2, 0.25) is 25.7 Å². The van der Waals surface area contributed by atoms with Gasteiger partial charge in [0.2, 0.25) is 0 Å². The highest BCUT2D eigenvalue weighted by atomic mass is 28.3. The molecule has 3 rings (SSSR count). The van der Waals surface area contributed by atoms with Gasteiger partial charge < -0.3 is 84.6 Å². The minimum Gasteiger partial charge on any atom is -0.462 e. The first-order chi connectivity index (χ1) is 35.8. The van der Waals surface area contributed by atoms with Crippen molar-refractivity contribution in [2.45, 2.75) is 215 Å². The predicted molar refractivity (Wildman–Crippen MR) is 287 cm³/mol. The zero-order chi connectivity index (χ0) is 56.8. The number of carbonyl (C=O) groups is 3. The van der Waals surface area contributed by atoms with Crippen LogP contribution in [0.3, 0.4) is 0 Å². The Morgan fingerprint density at radius 2 is 1.53 bits per heavy atom. The van der Waals surface area contributed by atoms with Gasteiger partial charge in [0.25, 0.3) is 0 Å². The average Bonchev–Trinajstić information content (AvgIpc) is 3.72. The topological polar surface area (TPSA) is 302 Å². The van der Waals surface area contributed by atoms with Gasteiger partial charge in [0, 0.05) is 52.7 Å². The van der Waals surface area contributed by atoms with E-state index in [4.69, 9.17) is 33.2 Å². The molecule has 0 bridgehead atoms. The van der Waals surface area contributed by atoms with Gasteiger partial charge in [-0.2, -0.15) is 0 Å². The number of nitrogens with one attached hydrogen (secondary N) is 2. The van der Waals surface area contributed by atoms with Crippen LogP contribution in [0, 0.1) is 11.8 Å². The van der Waals surface area contributed by atoms with E-state index in [1.54, 1.807) is 63.3 Å². The summed E-state index contributed by atoms with van der Waals surface area (Å²) in [6.07, 6.45) is 4.16. The van der Waals surface area contributed by atoms with Gasteiger partial charge in [-0.1, -0.05) is 119 Å². The van der Waals surface area contributed by atoms with E-state index in [2.05, 4.69) is 36.9 Å². The van der Waals surface area contributed by atoms with Gasteiger partial charge >= 0.3 is 18.2 Å². The molecule has 3 heterocycles. The summed E-state index contributed by atoms with van der Waals surface area (Å²) in [5.41, 5.74) is 0. The fourth-order valence-electron chi connectivity index (χ4n) is 9.14. The first-order valence-corrected chi connectivity index (χ1v) is 30.2. The number of alkyl carbamates (subject to hydrolysis) is 2. The molecule has 21 heteroatoms. The van der Waals surface area contributed by atoms with E-state index >= 15 is 0 Å². The van der Waals surface area contributed by atoms with E-state index in [1.165, 1.54) is 7.11 Å². The van der Waals surface area contributed by atoms with Crippen LogP contribution in [0.5, 0.6) is 0 Å². The maximum atomic E-state index is 12.9. The molecule has 2 amide bonds. The number of aliphatic hydroxyl groups is 8. The van der Waals surface area contributed by atoms with Crippen molar-refractivity contribution in [3.8, 4) is 0 Å². The Morgan fingerprint density at radius 1 is 0.882 bits per heavy atom. The Kier molecular flexibility index (Phi) is 28.5. The second-order valence-electron chi connectivity index (χ2n) is 21.4. The summed E-state index contributed by atoms with van der Waals surface area (Å²) >= 11 is 0. The molecule has 0 aliphatic carbocycles. The number of allylic oxidation sites excluding steroid dienone is 11. The lowest BCUT2D eigenvalue weighted by molar-refractivity contribution is -0.307. The molecule has 20 nitrogen and oxygen atoms in total. The molecule has 3 saturated heterocycles. The minimum absolute atomic E-state index is 0.0244. The molecule has 3 aliphatic heterocycles. The second-order valence-corrected chi connectivity index (χ2v) is 27.1. The number of aliphatic hydroxyl groups excluding tert-OH is 8. The first kappa shape index (κ1) is 66.2. The normalized spacial score (nSPS) is 29.4. The molecule has 19 atom stereocenters. The highest BCUT2D eigenvalue weighted by Gasteiger charge is 2.54. The molecule has 3 fully saturated rings. The van der Waals surface area contributed by atoms with Crippen LogP contribution < -0.4 is 10.6 Å². The van der Waals surface area contributed by atoms with Crippen LogP contribution >= 0.6 is 0 Å². The third kappa shape index (κ3) is 22.7. The zero-order valence-electron chi connectivity index (χ0n) is 45.8. The van der Waals surface area contributed by atoms with E-state index in [0.717, 1.165) is 0 Å². The summed E-state index contributed by atoms with van der Waals surface area (Å²) in [5.74, 6) is -2.85. The van der Waals surface area contributed by atoms with Crippen LogP contribution in [0.25, 0.3) is 0 Å². The van der Waals surface area contributed by atoms with Crippen molar-refractivity contribution in [3.63, 3.8) is 0 Å². The molecule has 19 unspecified atom stereocenters. The van der Waals surface area contributed by atoms with Crippen LogP contribution in [-0.2, 0) is 38.0 Å². The summed E-state index contributed by atoms with van der Waals surface area (Å²) in [7, 11) is -0.177. The number of amides is 2. The monoisotopic (exact) mass is 1090 g/mol. The molecule has 3 aliphatic rings. The smallest absolute Gasteiger partial charge is 0.407 e. The van der Waals surface area contributed by atoms with Gasteiger partial charge in [-0.3, -0.25) is 4.79 Å². The molecular weight excluding hydrogens is 1000 g/mol. The minimum atomic E-state index is -1.60. The standard InChI is InChI=1S/C55H90N2O18Si/c1-11-13-14-15-16-17-18-19-20-21-23-41(73-52-51(66)48(50(65)37(6)72-52)57-53(67)70-26-27-76(8,9)10)31-44-47-45(74-54(68)56-47)33-55(69-7,75-44)32-40(60)29-43(62)42(61)25-24-38(58)28-39(59)30-46(63)71-36(5)35(4)49(64)34(3)22-12-2/h11-23,34-45,47-52,58-62,64-66H,1,24-33H2,2-10H3,(H,56,68)(H,57,67)/b14-13+,16-15+,18-17+,20-19+,22-12+,23-21+. The maximum Gasteiger partial charge on any atom is 0.407 e. The SMILES string of the molecule is C=C/C=C/C=C/C=C/C=C/C=C/C(CC1OC(CC(O)CC(O)C(O)CCC(O)CC(O)CC(=O)OC(C)C(C)C(O)C(C)/C=C/C)(OC)CC2OC(=O)NC21)OC1OC(C)C(O)C(NC(=O)OCC[Si](C)(C)C)C1O. The largest absolute Gasteiger partial charge is 0.462 e. The number of methoxy groups -OCH3 is 1. The Morgan fingerprint density at radius 3 is 2.14 bits per heavy atom. The lowest BCUT2D eigenvalue weighted by Crippen LogP contribution is -2.64. The van der Waals surface area contributed by atoms with Gasteiger partial charge in [-0.15, -0.1) is 0 Å². The number of esters is 1. The Labute approximate surface area is 450 Å². The van der Waals surface area contributed by atoms with E-state index in [-0.39, 0.29) is 63.4 Å². The van der Waals surface area contributed by atoms with Crippen molar-refractivity contribution in [3.05, 3.63) is 85.6 Å². The number of fused-ring (bicyclic) bond motifs is 1. The third-order valence-electron chi connectivity index (χ3n) is 13.8. The molecule has 432 valence electrons. The van der Waals surface area contributed by atoms with Gasteiger partial charge in [0.1, 0.15) is 24.4 Å². The Balaban J connectivity index is 1.71. The Hall–Kier alpha value is -4.07. The van der Waals surface area contributed by atoms with E-state index in [0.29, 0.717) is 6.04 Å². The summed E-state index contributed by atoms with van der Waals surface area (Å²) in [6, 6.07) is -1.27. The lowest BCUT2D eigenvalue weighted by atomic mass is 9.87. The van der Waals surface area contributed by atoms with Crippen molar-refractivity contribution in [1.29, 1.82) is 0 Å². The number of carbonyl (C=O) groups excluding carboxylic acids is 3. The fourth-order valence-corrected chi connectivity index (χ4v) is 9.86. The zero-order valence-corrected chi connectivity index (χ0v) is 46.8. The summed E-state index contributed by atoms with van der Waals surface area (Å²) in [4.78, 5) is 38.2. The number of rotatable bonds is 32. The maximum absolute atomic E-state index is 12.9. The fraction of sp³-hybridized carbons (Fsp3) is 0.691. The first-order valence-electron chi connectivity index (χ1n) is 26.5. The number of ether oxygens (including phenoxy) is 7. The third-order valence-corrected chi connectivity index (χ3v) is 15.5. The lowest BCUT2D eigenvalue weighted by Gasteiger charge is -2.46. The van der Waals surface area contributed by atoms with E-state index in [1.807, 2.05) is 50.3 Å². The van der Waals surface area contributed by atoms with Gasteiger partial charge in [0.05, 0.1) is 80.0 Å². The highest BCUT2D eigenvalue weighted by molar-refractivity contribution is 6.76. The molecule has 0 aromatic carbocycles. The molecule has 76 heavy (non-hydrogen) atoms. The molecule has 10 N–H and O–H groups in total. The van der Waals surface area contributed by atoms with Crippen LogP contribution in [0.4, 0.5) is 9.59 Å². The van der Waals surface area contributed by atoms with E-state index in [9.17, 15) is 55.2 Å². The average molecular weight is 1100 g/mol. The van der Waals surface area contributed by atoms with Crippen LogP contribution in [-0.4, -0.2) is 184 Å². The van der Waals surface area contributed by atoms with E-state index < -0.39 is 136 Å².